The van der Waals surface area contributed by atoms with Crippen LogP contribution in [-0.2, 0) is 0 Å². The normalized spacial score (nSPS) is 12.6. The van der Waals surface area contributed by atoms with Crippen LogP contribution in [0.25, 0.3) is 0 Å². The minimum Gasteiger partial charge on any atom is -0.493 e. The van der Waals surface area contributed by atoms with Crippen molar-refractivity contribution in [2.75, 3.05) is 14.2 Å². The SMILES string of the molecule is COc1ccc([C@@H](N)CCC(F)(F)F)c(Cl)c1OC.Cl. The zero-order chi connectivity index (χ0) is 14.6. The number of rotatable bonds is 5. The largest absolute Gasteiger partial charge is 0.493 e. The molecule has 0 heterocycles. The van der Waals surface area contributed by atoms with Gasteiger partial charge >= 0.3 is 6.18 Å². The van der Waals surface area contributed by atoms with E-state index in [1.165, 1.54) is 14.2 Å². The van der Waals surface area contributed by atoms with Gasteiger partial charge in [0.05, 0.1) is 19.2 Å². The van der Waals surface area contributed by atoms with E-state index < -0.39 is 18.6 Å². The zero-order valence-corrected chi connectivity index (χ0v) is 12.5. The molecule has 1 rings (SSSR count). The minimum atomic E-state index is -4.24. The van der Waals surface area contributed by atoms with E-state index >= 15 is 0 Å². The molecule has 1 aromatic rings. The quantitative estimate of drug-likeness (QED) is 0.881. The van der Waals surface area contributed by atoms with Crippen LogP contribution in [0, 0.1) is 0 Å². The van der Waals surface area contributed by atoms with Crippen molar-refractivity contribution in [2.45, 2.75) is 25.1 Å². The molecule has 0 fully saturated rings. The Balaban J connectivity index is 0.00000361. The number of hydrogen-bond donors (Lipinski definition) is 1. The van der Waals surface area contributed by atoms with Gasteiger partial charge in [0.15, 0.2) is 11.5 Å². The Hall–Kier alpha value is -0.850. The molecule has 0 bridgehead atoms. The Kier molecular flexibility index (Phi) is 7.47. The molecule has 0 aromatic heterocycles. The predicted octanol–water partition coefficient (Wildman–Crippen LogP) is 4.12. The number of halogens is 5. The number of ether oxygens (including phenoxy) is 2. The molecule has 116 valence electrons. The fraction of sp³-hybridized carbons (Fsp3) is 0.500. The minimum absolute atomic E-state index is 0. The highest BCUT2D eigenvalue weighted by molar-refractivity contribution is 6.33. The summed E-state index contributed by atoms with van der Waals surface area (Å²) in [6.45, 7) is 0. The molecule has 0 aliphatic heterocycles. The lowest BCUT2D eigenvalue weighted by Crippen LogP contribution is -2.16. The number of nitrogens with two attached hydrogens (primary N) is 1. The molecule has 8 heteroatoms. The van der Waals surface area contributed by atoms with Crippen molar-refractivity contribution in [2.24, 2.45) is 5.73 Å². The van der Waals surface area contributed by atoms with Gasteiger partial charge in [0.2, 0.25) is 0 Å². The summed E-state index contributed by atoms with van der Waals surface area (Å²) in [5.74, 6) is 0.670. The van der Waals surface area contributed by atoms with Crippen molar-refractivity contribution in [1.82, 2.24) is 0 Å². The van der Waals surface area contributed by atoms with E-state index in [9.17, 15) is 13.2 Å². The fourth-order valence-corrected chi connectivity index (χ4v) is 2.04. The van der Waals surface area contributed by atoms with E-state index in [-0.39, 0.29) is 29.6 Å². The van der Waals surface area contributed by atoms with Gasteiger partial charge in [-0.15, -0.1) is 12.4 Å². The third kappa shape index (κ3) is 4.92. The van der Waals surface area contributed by atoms with E-state index in [1.54, 1.807) is 12.1 Å². The smallest absolute Gasteiger partial charge is 0.389 e. The highest BCUT2D eigenvalue weighted by Crippen LogP contribution is 2.40. The second-order valence-corrected chi connectivity index (χ2v) is 4.34. The Morgan fingerprint density at radius 2 is 1.85 bits per heavy atom. The first-order valence-electron chi connectivity index (χ1n) is 5.53. The second-order valence-electron chi connectivity index (χ2n) is 3.96. The van der Waals surface area contributed by atoms with E-state index in [1.807, 2.05) is 0 Å². The second kappa shape index (κ2) is 7.81. The average Bonchev–Trinajstić information content (AvgIpc) is 2.34. The molecule has 0 saturated heterocycles. The third-order valence-electron chi connectivity index (χ3n) is 2.65. The van der Waals surface area contributed by atoms with Gasteiger partial charge in [0.25, 0.3) is 0 Å². The van der Waals surface area contributed by atoms with Crippen molar-refractivity contribution in [3.63, 3.8) is 0 Å². The van der Waals surface area contributed by atoms with E-state index in [0.717, 1.165) is 0 Å². The number of methoxy groups -OCH3 is 2. The van der Waals surface area contributed by atoms with Crippen molar-refractivity contribution in [1.29, 1.82) is 0 Å². The molecule has 1 aromatic carbocycles. The monoisotopic (exact) mass is 333 g/mol. The zero-order valence-electron chi connectivity index (χ0n) is 11.0. The molecule has 0 saturated carbocycles. The molecule has 1 atom stereocenters. The van der Waals surface area contributed by atoms with Crippen LogP contribution in [0.3, 0.4) is 0 Å². The molecule has 0 unspecified atom stereocenters. The summed E-state index contributed by atoms with van der Waals surface area (Å²) < 4.78 is 46.6. The molecule has 20 heavy (non-hydrogen) atoms. The van der Waals surface area contributed by atoms with Crippen LogP contribution in [0.15, 0.2) is 12.1 Å². The van der Waals surface area contributed by atoms with Crippen molar-refractivity contribution < 1.29 is 22.6 Å². The number of hydrogen-bond acceptors (Lipinski definition) is 3. The van der Waals surface area contributed by atoms with Gasteiger partial charge < -0.3 is 15.2 Å². The van der Waals surface area contributed by atoms with Crippen LogP contribution in [0.2, 0.25) is 5.02 Å². The Labute approximate surface area is 126 Å². The van der Waals surface area contributed by atoms with Gasteiger partial charge in [-0.05, 0) is 18.1 Å². The van der Waals surface area contributed by atoms with Gasteiger partial charge in [-0.2, -0.15) is 13.2 Å². The molecule has 0 aliphatic carbocycles. The van der Waals surface area contributed by atoms with Crippen molar-refractivity contribution in [3.8, 4) is 11.5 Å². The summed E-state index contributed by atoms with van der Waals surface area (Å²) in [5, 5.41) is 0.177. The summed E-state index contributed by atoms with van der Waals surface area (Å²) in [6, 6.07) is 2.30. The summed E-state index contributed by atoms with van der Waals surface area (Å²) in [6.07, 6.45) is -5.43. The van der Waals surface area contributed by atoms with Crippen molar-refractivity contribution >= 4 is 24.0 Å². The lowest BCUT2D eigenvalue weighted by Gasteiger charge is -2.18. The van der Waals surface area contributed by atoms with Crippen LogP contribution >= 0.6 is 24.0 Å². The lowest BCUT2D eigenvalue weighted by atomic mass is 10.0. The maximum absolute atomic E-state index is 12.2. The highest BCUT2D eigenvalue weighted by Gasteiger charge is 2.28. The van der Waals surface area contributed by atoms with E-state index in [4.69, 9.17) is 26.8 Å². The van der Waals surface area contributed by atoms with E-state index in [2.05, 4.69) is 0 Å². The maximum Gasteiger partial charge on any atom is 0.389 e. The molecule has 0 aliphatic rings. The van der Waals surface area contributed by atoms with Crippen LogP contribution in [0.5, 0.6) is 11.5 Å². The average molecular weight is 334 g/mol. The van der Waals surface area contributed by atoms with Gasteiger partial charge in [0.1, 0.15) is 0 Å². The van der Waals surface area contributed by atoms with Gasteiger partial charge in [0, 0.05) is 12.5 Å². The van der Waals surface area contributed by atoms with Crippen molar-refractivity contribution in [3.05, 3.63) is 22.7 Å². The van der Waals surface area contributed by atoms with E-state index in [0.29, 0.717) is 11.3 Å². The van der Waals surface area contributed by atoms with Gasteiger partial charge in [-0.3, -0.25) is 0 Å². The Morgan fingerprint density at radius 3 is 2.30 bits per heavy atom. The highest BCUT2D eigenvalue weighted by atomic mass is 35.5. The number of alkyl halides is 3. The molecule has 0 radical (unpaired) electrons. The van der Waals surface area contributed by atoms with Crippen LogP contribution in [0.4, 0.5) is 13.2 Å². The number of benzene rings is 1. The van der Waals surface area contributed by atoms with Gasteiger partial charge in [-0.25, -0.2) is 0 Å². The summed E-state index contributed by atoms with van der Waals surface area (Å²) in [7, 11) is 2.84. The molecule has 0 amide bonds. The first-order chi connectivity index (χ1) is 8.80. The fourth-order valence-electron chi connectivity index (χ4n) is 1.67. The topological polar surface area (TPSA) is 44.5 Å². The van der Waals surface area contributed by atoms with Gasteiger partial charge in [-0.1, -0.05) is 17.7 Å². The summed E-state index contributed by atoms with van der Waals surface area (Å²) in [4.78, 5) is 0. The summed E-state index contributed by atoms with van der Waals surface area (Å²) in [5.41, 5.74) is 6.14. The molecular weight excluding hydrogens is 318 g/mol. The Morgan fingerprint density at radius 1 is 1.25 bits per heavy atom. The Bertz CT molecular complexity index is 441. The first kappa shape index (κ1) is 19.1. The third-order valence-corrected chi connectivity index (χ3v) is 3.04. The maximum atomic E-state index is 12.2. The standard InChI is InChI=1S/C12H15ClF3NO2.ClH/c1-18-9-4-3-7(10(13)11(9)19-2)8(17)5-6-12(14,15)16;/h3-4,8H,5-6,17H2,1-2H3;1H/t8-;/m0./s1. The van der Waals surface area contributed by atoms with Crippen LogP contribution in [0.1, 0.15) is 24.4 Å². The summed E-state index contributed by atoms with van der Waals surface area (Å²) >= 11 is 6.07. The molecule has 0 spiro atoms. The first-order valence-corrected chi connectivity index (χ1v) is 5.90. The molecular formula is C12H16Cl2F3NO2. The lowest BCUT2D eigenvalue weighted by molar-refractivity contribution is -0.136. The predicted molar refractivity (Wildman–Crippen MR) is 74.0 cm³/mol. The molecule has 2 N–H and O–H groups in total. The molecule has 3 nitrogen and oxygen atoms in total. The van der Waals surface area contributed by atoms with Crippen LogP contribution < -0.4 is 15.2 Å². The van der Waals surface area contributed by atoms with Crippen LogP contribution in [-0.4, -0.2) is 20.4 Å².